The van der Waals surface area contributed by atoms with Gasteiger partial charge in [-0.2, -0.15) is 0 Å². The summed E-state index contributed by atoms with van der Waals surface area (Å²) < 4.78 is 170. The Balaban J connectivity index is 0.000000110. The van der Waals surface area contributed by atoms with Crippen LogP contribution >= 0.6 is 0 Å². The van der Waals surface area contributed by atoms with Crippen molar-refractivity contribution in [3.05, 3.63) is 292 Å². The lowest BCUT2D eigenvalue weighted by Crippen LogP contribution is -2.32. The summed E-state index contributed by atoms with van der Waals surface area (Å²) in [5.74, 6) is 0. The van der Waals surface area contributed by atoms with Crippen LogP contribution in [0.2, 0.25) is 0 Å². The summed E-state index contributed by atoms with van der Waals surface area (Å²) in [4.78, 5) is 13.4. The molecule has 0 atom stereocenters. The fourth-order valence-electron chi connectivity index (χ4n) is 18.3. The number of fused-ring (bicyclic) bond motifs is 28. The van der Waals surface area contributed by atoms with E-state index in [9.17, 15) is 0 Å². The molecule has 0 fully saturated rings. The monoisotopic (exact) mass is 1640 g/mol. The van der Waals surface area contributed by atoms with Crippen LogP contribution in [-0.4, -0.2) is 15.0 Å². The highest BCUT2D eigenvalue weighted by molar-refractivity contribution is 6.30. The molecule has 15 aromatic heterocycles. The van der Waals surface area contributed by atoms with Crippen molar-refractivity contribution in [2.75, 3.05) is 0 Å². The minimum absolute atomic E-state index is 0.00897. The molecule has 0 amide bonds. The summed E-state index contributed by atoms with van der Waals surface area (Å²) in [5, 5.41) is 15.6. The third-order valence-corrected chi connectivity index (χ3v) is 24.3. The van der Waals surface area contributed by atoms with Gasteiger partial charge in [-0.3, -0.25) is 0 Å². The topological polar surface area (TPSA) is 159 Å². The van der Waals surface area contributed by atoms with Gasteiger partial charge in [-0.25, -0.2) is 33.2 Å². The van der Waals surface area contributed by atoms with Crippen LogP contribution in [0, 0.1) is 81.3 Å². The van der Waals surface area contributed by atoms with Crippen molar-refractivity contribution in [3.8, 4) is 45.0 Å². The summed E-state index contributed by atoms with van der Waals surface area (Å²) in [6.07, 6.45) is 9.87. The number of benzene rings is 9. The molecular formula is C109H93N7O8+4. The second kappa shape index (κ2) is 28.8. The molecule has 0 spiro atoms. The van der Waals surface area contributed by atoms with Crippen molar-refractivity contribution in [1.29, 1.82) is 0 Å². The van der Waals surface area contributed by atoms with Gasteiger partial charge in [0.05, 0.1) is 45.4 Å². The summed E-state index contributed by atoms with van der Waals surface area (Å²) in [6.45, 7) is 10.0. The van der Waals surface area contributed by atoms with Gasteiger partial charge < -0.3 is 35.3 Å². The van der Waals surface area contributed by atoms with Crippen molar-refractivity contribution in [2.24, 2.45) is 33.6 Å². The highest BCUT2D eigenvalue weighted by Gasteiger charge is 2.31. The van der Waals surface area contributed by atoms with Gasteiger partial charge in [0.1, 0.15) is 84.0 Å². The second-order valence-electron chi connectivity index (χ2n) is 33.7. The molecule has 24 aromatic rings. The van der Waals surface area contributed by atoms with E-state index < -0.39 is 39.2 Å². The number of para-hydroxylation sites is 3. The Morgan fingerprint density at radius 2 is 0.605 bits per heavy atom. The molecule has 0 N–H and O–H groups in total. The molecule has 0 bridgehead atoms. The quantitative estimate of drug-likeness (QED) is 0.151. The molecule has 24 rings (SSSR count). The lowest BCUT2D eigenvalue weighted by atomic mass is 9.86. The maximum atomic E-state index is 9.00. The van der Waals surface area contributed by atoms with Crippen LogP contribution in [0.1, 0.15) is 107 Å². The largest absolute Gasteiger partial charge is 0.456 e. The standard InChI is InChI=1S/C31H30NO2.3C26H21N2O2/c1-18-11-12-22-29-26(14-13-25-28(29)21-9-7-8-10-24(21)33-25)34-30(22)27(18)23-15-20(16-31(3,4)5)19(2)17-32(23)6;1-14-7-8-17-23-20(9-10-21-24(23)18-6-5-11-27-26(18)30-21)29-25(17)22(14)19-12-15(2)16(3)13-28(19)4;1-14-9-10-18-23-21(12-27-26-24(23)17-7-5-6-8-20(17)30-26)29-25(18)22(14)19-11-15(2)16(3)13-28(19)4;1-14-9-10-18-24-23-17-7-5-6-8-20(17)29-21(23)12-27-26(24)30-25(18)22(14)19-11-15(2)16(3)13-28(19)4/h7-15,17H,16H2,1-6H3;3*5-13H,1-4H3/q4*+1/i2D3,16D2;3*3D3. The minimum Gasteiger partial charge on any atom is -0.456 e. The number of rotatable bonds is 5. The highest BCUT2D eigenvalue weighted by atomic mass is 16.4. The van der Waals surface area contributed by atoms with Crippen LogP contribution in [0.5, 0.6) is 0 Å². The Morgan fingerprint density at radius 3 is 1.07 bits per heavy atom. The molecule has 0 unspecified atom stereocenters. The van der Waals surface area contributed by atoms with Gasteiger partial charge in [-0.15, -0.1) is 0 Å². The number of hydrogen-bond donors (Lipinski definition) is 0. The first-order chi connectivity index (χ1) is 65.4. The Kier molecular flexibility index (Phi) is 14.5. The molecule has 0 radical (unpaired) electrons. The van der Waals surface area contributed by atoms with E-state index in [0.29, 0.717) is 50.7 Å². The van der Waals surface area contributed by atoms with Gasteiger partial charge in [-0.05, 0) is 187 Å². The number of furan rings is 8. The minimum atomic E-state index is -2.47. The number of pyridine rings is 7. The highest BCUT2D eigenvalue weighted by Crippen LogP contribution is 2.49. The molecule has 15 heteroatoms. The van der Waals surface area contributed by atoms with E-state index in [1.165, 1.54) is 0 Å². The van der Waals surface area contributed by atoms with Gasteiger partial charge in [-0.1, -0.05) is 124 Å². The molecular weight excluding hydrogens is 1540 g/mol. The Labute approximate surface area is 733 Å². The fourth-order valence-corrected chi connectivity index (χ4v) is 18.3. The Morgan fingerprint density at radius 1 is 0.282 bits per heavy atom. The van der Waals surface area contributed by atoms with Crippen LogP contribution in [-0.2, 0) is 34.6 Å². The lowest BCUT2D eigenvalue weighted by molar-refractivity contribution is -0.660. The third-order valence-electron chi connectivity index (χ3n) is 24.3. The van der Waals surface area contributed by atoms with Crippen molar-refractivity contribution in [3.63, 3.8) is 0 Å². The number of aromatic nitrogens is 7. The fraction of sp³-hybridized carbons (Fsp3) is 0.183. The zero-order valence-corrected chi connectivity index (χ0v) is 70.8. The van der Waals surface area contributed by atoms with Gasteiger partial charge in [0, 0.05) is 147 Å². The van der Waals surface area contributed by atoms with E-state index in [2.05, 4.69) is 51.4 Å². The maximum absolute atomic E-state index is 9.00. The van der Waals surface area contributed by atoms with E-state index in [0.717, 1.165) is 226 Å². The number of hydrogen-bond acceptors (Lipinski definition) is 11. The normalized spacial score (nSPS) is 14.3. The average molecular weight is 1640 g/mol. The summed E-state index contributed by atoms with van der Waals surface area (Å²) in [7, 11) is 7.40. The SMILES string of the molecule is [2H]C([2H])([2H])c1c[n+](C)c(-c2c(C)ccc3c2oc2ccc4oc5ccccc5c4c23)cc1C([2H])([2H])C(C)(C)C.[2H]C([2H])([2H])c1c[n+](C)c(-c2c(C)ccc3c2oc2ccc4oc5ncccc5c4c23)cc1C.[2H]C([2H])([2H])c1c[n+](C)c(-c2c(C)ccc3c2oc2cnc4oc5ccccc5c4c23)cc1C.[2H]C([2H])([2H])c1c[n+](C)c(-c2c(C)ccc3c2oc2ncc4oc5ccccc5c4c23)cc1C. The summed E-state index contributed by atoms with van der Waals surface area (Å²) in [5.41, 5.74) is 25.1. The predicted octanol–water partition coefficient (Wildman–Crippen LogP) is 27.1. The molecule has 0 aliphatic heterocycles. The Hall–Kier alpha value is -14.6. The smallest absolute Gasteiger partial charge is 0.228 e. The molecule has 15 nitrogen and oxygen atoms in total. The molecule has 608 valence electrons. The molecule has 15 heterocycles. The van der Waals surface area contributed by atoms with Crippen LogP contribution in [0.25, 0.3) is 221 Å². The molecule has 124 heavy (non-hydrogen) atoms. The zero-order valence-electron chi connectivity index (χ0n) is 84.8. The van der Waals surface area contributed by atoms with E-state index >= 15 is 0 Å². The molecule has 0 aliphatic rings. The molecule has 9 aromatic carbocycles. The van der Waals surface area contributed by atoms with Crippen LogP contribution < -0.4 is 18.3 Å². The third kappa shape index (κ3) is 12.3. The van der Waals surface area contributed by atoms with E-state index in [1.54, 1.807) is 81.8 Å². The van der Waals surface area contributed by atoms with Crippen molar-refractivity contribution in [1.82, 2.24) is 15.0 Å². The van der Waals surface area contributed by atoms with Gasteiger partial charge >= 0.3 is 0 Å². The van der Waals surface area contributed by atoms with E-state index in [1.807, 2.05) is 223 Å². The second-order valence-corrected chi connectivity index (χ2v) is 33.7. The first kappa shape index (κ1) is 62.5. The van der Waals surface area contributed by atoms with Crippen LogP contribution in [0.15, 0.2) is 261 Å². The lowest BCUT2D eigenvalue weighted by Gasteiger charge is -2.19. The van der Waals surface area contributed by atoms with E-state index in [-0.39, 0.29) is 11.1 Å². The first-order valence-corrected chi connectivity index (χ1v) is 41.1. The zero-order chi connectivity index (χ0) is 97.3. The Bertz CT molecular complexity index is 8670. The average Bonchev–Trinajstić information content (AvgIpc) is 1.71. The molecule has 0 saturated carbocycles. The van der Waals surface area contributed by atoms with E-state index in [4.69, 9.17) is 54.5 Å². The van der Waals surface area contributed by atoms with Crippen molar-refractivity contribution < 1.29 is 72.8 Å². The molecule has 0 aliphatic carbocycles. The number of nitrogens with zero attached hydrogens (tertiary/aromatic N) is 7. The molecule has 0 saturated heterocycles. The van der Waals surface area contributed by atoms with Crippen molar-refractivity contribution >= 4 is 176 Å². The van der Waals surface area contributed by atoms with Gasteiger partial charge in [0.15, 0.2) is 41.5 Å². The van der Waals surface area contributed by atoms with Crippen LogP contribution in [0.3, 0.4) is 0 Å². The summed E-state index contributed by atoms with van der Waals surface area (Å²) in [6, 6.07) is 59.4. The maximum Gasteiger partial charge on any atom is 0.228 e. The van der Waals surface area contributed by atoms with Crippen LogP contribution in [0.4, 0.5) is 0 Å². The summed E-state index contributed by atoms with van der Waals surface area (Å²) >= 11 is 0. The van der Waals surface area contributed by atoms with Gasteiger partial charge in [0.2, 0.25) is 39.9 Å². The van der Waals surface area contributed by atoms with Crippen molar-refractivity contribution in [2.45, 2.75) is 103 Å². The number of aryl methyl sites for hydroxylation is 15. The predicted molar refractivity (Wildman–Crippen MR) is 499 cm³/mol. The first-order valence-electron chi connectivity index (χ1n) is 48.1. The van der Waals surface area contributed by atoms with Gasteiger partial charge in [0.25, 0.3) is 0 Å².